The van der Waals surface area contributed by atoms with Gasteiger partial charge in [-0.25, -0.2) is 0 Å². The van der Waals surface area contributed by atoms with Crippen LogP contribution in [0.1, 0.15) is 12.8 Å². The van der Waals surface area contributed by atoms with E-state index in [-0.39, 0.29) is 24.3 Å². The number of carboxylic acid groups (broad SMARTS) is 1. The van der Waals surface area contributed by atoms with E-state index in [0.717, 1.165) is 6.42 Å². The molecular weight excluding hydrogens is 262 g/mol. The number of amides is 2. The molecule has 2 heterocycles. The van der Waals surface area contributed by atoms with Gasteiger partial charge in [-0.2, -0.15) is 0 Å². The number of carbonyl (C=O) groups excluding carboxylic acids is 2. The molecule has 7 heteroatoms. The minimum absolute atomic E-state index is 0.0191. The Labute approximate surface area is 118 Å². The van der Waals surface area contributed by atoms with Crippen LogP contribution in [0, 0.1) is 5.92 Å². The lowest BCUT2D eigenvalue weighted by Crippen LogP contribution is -2.40. The van der Waals surface area contributed by atoms with Crippen molar-refractivity contribution >= 4 is 17.8 Å². The van der Waals surface area contributed by atoms with Crippen LogP contribution in [0.5, 0.6) is 0 Å². The summed E-state index contributed by atoms with van der Waals surface area (Å²) in [7, 11) is 1.71. The number of nitrogens with zero attached hydrogens (tertiary/aromatic N) is 3. The molecule has 112 valence electrons. The zero-order valence-electron chi connectivity index (χ0n) is 11.7. The molecule has 0 aromatic rings. The minimum atomic E-state index is -0.840. The molecule has 0 saturated carbocycles. The van der Waals surface area contributed by atoms with Crippen LogP contribution in [0.2, 0.25) is 0 Å². The van der Waals surface area contributed by atoms with E-state index in [2.05, 4.69) is 0 Å². The number of carbonyl (C=O) groups is 3. The first kappa shape index (κ1) is 14.8. The Morgan fingerprint density at radius 1 is 1.25 bits per heavy atom. The third-order valence-electron chi connectivity index (χ3n) is 3.95. The molecule has 0 aromatic carbocycles. The van der Waals surface area contributed by atoms with Gasteiger partial charge in [0, 0.05) is 46.2 Å². The Hall–Kier alpha value is -1.63. The number of hydrogen-bond donors (Lipinski definition) is 1. The van der Waals surface area contributed by atoms with Gasteiger partial charge in [-0.3, -0.25) is 19.3 Å². The molecule has 0 spiro atoms. The summed E-state index contributed by atoms with van der Waals surface area (Å²) in [4.78, 5) is 39.8. The summed E-state index contributed by atoms with van der Waals surface area (Å²) in [6.45, 7) is 2.97. The van der Waals surface area contributed by atoms with Crippen molar-refractivity contribution in [2.75, 3.05) is 46.3 Å². The van der Waals surface area contributed by atoms with Crippen LogP contribution < -0.4 is 0 Å². The number of likely N-dealkylation sites (tertiary alicyclic amines) is 1. The molecule has 20 heavy (non-hydrogen) atoms. The van der Waals surface area contributed by atoms with E-state index in [0.29, 0.717) is 39.1 Å². The monoisotopic (exact) mass is 283 g/mol. The average molecular weight is 283 g/mol. The van der Waals surface area contributed by atoms with Crippen LogP contribution in [0.4, 0.5) is 0 Å². The van der Waals surface area contributed by atoms with Crippen molar-refractivity contribution < 1.29 is 19.5 Å². The van der Waals surface area contributed by atoms with Crippen LogP contribution in [-0.2, 0) is 14.4 Å². The van der Waals surface area contributed by atoms with Gasteiger partial charge in [0.05, 0.1) is 12.5 Å². The molecule has 2 aliphatic rings. The van der Waals surface area contributed by atoms with Gasteiger partial charge in [0.25, 0.3) is 0 Å². The van der Waals surface area contributed by atoms with Crippen molar-refractivity contribution in [2.24, 2.45) is 5.92 Å². The molecule has 2 saturated heterocycles. The molecule has 0 bridgehead atoms. The van der Waals surface area contributed by atoms with Crippen molar-refractivity contribution in [3.8, 4) is 0 Å². The zero-order chi connectivity index (χ0) is 14.7. The summed E-state index contributed by atoms with van der Waals surface area (Å²) in [6, 6.07) is 0. The van der Waals surface area contributed by atoms with E-state index in [1.54, 1.807) is 16.8 Å². The molecule has 2 amide bonds. The highest BCUT2D eigenvalue weighted by Crippen LogP contribution is 2.19. The Balaban J connectivity index is 1.88. The van der Waals surface area contributed by atoms with Gasteiger partial charge in [-0.15, -0.1) is 0 Å². The van der Waals surface area contributed by atoms with Gasteiger partial charge in [0.15, 0.2) is 0 Å². The largest absolute Gasteiger partial charge is 0.480 e. The standard InChI is InChI=1S/C13H21N3O4/c1-14-8-10(7-11(14)17)13(20)16-4-2-3-15(5-6-16)9-12(18)19/h10H,2-9H2,1H3,(H,18,19). The fourth-order valence-electron chi connectivity index (χ4n) is 2.83. The maximum absolute atomic E-state index is 12.4. The second kappa shape index (κ2) is 6.21. The van der Waals surface area contributed by atoms with Gasteiger partial charge >= 0.3 is 5.97 Å². The first-order chi connectivity index (χ1) is 9.47. The highest BCUT2D eigenvalue weighted by Gasteiger charge is 2.35. The second-order valence-electron chi connectivity index (χ2n) is 5.52. The highest BCUT2D eigenvalue weighted by atomic mass is 16.4. The minimum Gasteiger partial charge on any atom is -0.480 e. The van der Waals surface area contributed by atoms with Gasteiger partial charge in [-0.1, -0.05) is 0 Å². The Kier molecular flexibility index (Phi) is 4.59. The number of hydrogen-bond acceptors (Lipinski definition) is 4. The fourth-order valence-corrected chi connectivity index (χ4v) is 2.83. The van der Waals surface area contributed by atoms with E-state index in [4.69, 9.17) is 5.11 Å². The second-order valence-corrected chi connectivity index (χ2v) is 5.52. The summed E-state index contributed by atoms with van der Waals surface area (Å²) in [5.41, 5.74) is 0. The Morgan fingerprint density at radius 2 is 2.00 bits per heavy atom. The lowest BCUT2D eigenvalue weighted by Gasteiger charge is -2.23. The maximum Gasteiger partial charge on any atom is 0.317 e. The SMILES string of the molecule is CN1CC(C(=O)N2CCCN(CC(=O)O)CC2)CC1=O. The lowest BCUT2D eigenvalue weighted by molar-refractivity contribution is -0.138. The summed E-state index contributed by atoms with van der Waals surface area (Å²) in [6.07, 6.45) is 1.07. The Bertz CT molecular complexity index is 412. The van der Waals surface area contributed by atoms with Crippen LogP contribution in [0.3, 0.4) is 0 Å². The van der Waals surface area contributed by atoms with Crippen molar-refractivity contribution in [3.05, 3.63) is 0 Å². The van der Waals surface area contributed by atoms with E-state index in [9.17, 15) is 14.4 Å². The van der Waals surface area contributed by atoms with E-state index < -0.39 is 5.97 Å². The molecule has 1 atom stereocenters. The van der Waals surface area contributed by atoms with Crippen LogP contribution >= 0.6 is 0 Å². The highest BCUT2D eigenvalue weighted by molar-refractivity contribution is 5.89. The topological polar surface area (TPSA) is 81.2 Å². The lowest BCUT2D eigenvalue weighted by atomic mass is 10.1. The molecular formula is C13H21N3O4. The van der Waals surface area contributed by atoms with Crippen molar-refractivity contribution in [3.63, 3.8) is 0 Å². The van der Waals surface area contributed by atoms with E-state index in [1.165, 1.54) is 0 Å². The quantitative estimate of drug-likeness (QED) is 0.725. The summed E-state index contributed by atoms with van der Waals surface area (Å²) < 4.78 is 0. The molecule has 2 aliphatic heterocycles. The first-order valence-corrected chi connectivity index (χ1v) is 6.94. The van der Waals surface area contributed by atoms with Crippen LogP contribution in [0.15, 0.2) is 0 Å². The predicted molar refractivity (Wildman–Crippen MR) is 71.0 cm³/mol. The van der Waals surface area contributed by atoms with Gasteiger partial charge < -0.3 is 14.9 Å². The zero-order valence-corrected chi connectivity index (χ0v) is 11.7. The number of rotatable bonds is 3. The van der Waals surface area contributed by atoms with Gasteiger partial charge in [-0.05, 0) is 6.42 Å². The predicted octanol–water partition coefficient (Wildman–Crippen LogP) is -0.916. The molecule has 0 radical (unpaired) electrons. The molecule has 1 N–H and O–H groups in total. The number of carboxylic acids is 1. The number of aliphatic carboxylic acids is 1. The summed E-state index contributed by atoms with van der Waals surface area (Å²) in [5.74, 6) is -1.03. The maximum atomic E-state index is 12.4. The Morgan fingerprint density at radius 3 is 2.60 bits per heavy atom. The molecule has 0 aliphatic carbocycles. The third-order valence-corrected chi connectivity index (χ3v) is 3.95. The molecule has 2 fully saturated rings. The van der Waals surface area contributed by atoms with Crippen molar-refractivity contribution in [1.29, 1.82) is 0 Å². The van der Waals surface area contributed by atoms with Crippen LogP contribution in [-0.4, -0.2) is 83.9 Å². The summed E-state index contributed by atoms with van der Waals surface area (Å²) in [5, 5.41) is 8.80. The van der Waals surface area contributed by atoms with Crippen LogP contribution in [0.25, 0.3) is 0 Å². The van der Waals surface area contributed by atoms with Crippen molar-refractivity contribution in [1.82, 2.24) is 14.7 Å². The summed E-state index contributed by atoms with van der Waals surface area (Å²) >= 11 is 0. The average Bonchev–Trinajstić information content (AvgIpc) is 2.60. The fraction of sp³-hybridized carbons (Fsp3) is 0.769. The molecule has 7 nitrogen and oxygen atoms in total. The van der Waals surface area contributed by atoms with Gasteiger partial charge in [0.2, 0.25) is 11.8 Å². The molecule has 1 unspecified atom stereocenters. The molecule has 0 aromatic heterocycles. The van der Waals surface area contributed by atoms with E-state index >= 15 is 0 Å². The first-order valence-electron chi connectivity index (χ1n) is 6.94. The van der Waals surface area contributed by atoms with Gasteiger partial charge in [0.1, 0.15) is 0 Å². The van der Waals surface area contributed by atoms with Crippen molar-refractivity contribution in [2.45, 2.75) is 12.8 Å². The third kappa shape index (κ3) is 3.47. The smallest absolute Gasteiger partial charge is 0.317 e. The molecule has 2 rings (SSSR count). The van der Waals surface area contributed by atoms with E-state index in [1.807, 2.05) is 4.90 Å². The normalized spacial score (nSPS) is 24.9.